The van der Waals surface area contributed by atoms with Gasteiger partial charge in [-0.05, 0) is 25.9 Å². The average molecular weight is 196 g/mol. The minimum absolute atomic E-state index is 0.0679. The quantitative estimate of drug-likeness (QED) is 0.626. The van der Waals surface area contributed by atoms with Gasteiger partial charge < -0.3 is 9.64 Å². The van der Waals surface area contributed by atoms with E-state index in [-0.39, 0.29) is 11.9 Å². The number of hydrogen-bond acceptors (Lipinski definition) is 4. The van der Waals surface area contributed by atoms with Gasteiger partial charge in [-0.2, -0.15) is 5.26 Å². The molecule has 0 saturated carbocycles. The van der Waals surface area contributed by atoms with Crippen molar-refractivity contribution in [2.24, 2.45) is 5.92 Å². The zero-order valence-electron chi connectivity index (χ0n) is 8.53. The van der Waals surface area contributed by atoms with Gasteiger partial charge in [-0.3, -0.25) is 4.79 Å². The zero-order valence-corrected chi connectivity index (χ0v) is 8.53. The minimum Gasteiger partial charge on any atom is -0.469 e. The Kier molecular flexibility index (Phi) is 4.41. The van der Waals surface area contributed by atoms with Crippen LogP contribution in [-0.2, 0) is 9.53 Å². The van der Waals surface area contributed by atoms with E-state index in [1.165, 1.54) is 7.11 Å². The molecule has 14 heavy (non-hydrogen) atoms. The van der Waals surface area contributed by atoms with E-state index >= 15 is 0 Å². The third kappa shape index (κ3) is 3.00. The number of carbonyl (C=O) groups excluding carboxylic acids is 1. The van der Waals surface area contributed by atoms with E-state index < -0.39 is 0 Å². The number of methoxy groups -OCH3 is 1. The smallest absolute Gasteiger partial charge is 0.308 e. The van der Waals surface area contributed by atoms with Gasteiger partial charge in [0, 0.05) is 13.0 Å². The predicted molar refractivity (Wildman–Crippen MR) is 51.4 cm³/mol. The van der Waals surface area contributed by atoms with E-state index in [0.29, 0.717) is 6.42 Å². The Labute approximate surface area is 84.4 Å². The first kappa shape index (κ1) is 11.0. The maximum Gasteiger partial charge on any atom is 0.308 e. The van der Waals surface area contributed by atoms with E-state index in [1.807, 2.05) is 0 Å². The second-order valence-electron chi connectivity index (χ2n) is 3.55. The zero-order chi connectivity index (χ0) is 10.4. The largest absolute Gasteiger partial charge is 0.469 e. The van der Waals surface area contributed by atoms with Crippen LogP contribution in [0, 0.1) is 17.2 Å². The van der Waals surface area contributed by atoms with Crippen molar-refractivity contribution < 1.29 is 9.53 Å². The van der Waals surface area contributed by atoms with Crippen molar-refractivity contribution in [2.75, 3.05) is 26.7 Å². The van der Waals surface area contributed by atoms with Crippen molar-refractivity contribution >= 4 is 5.97 Å². The Balaban J connectivity index is 2.25. The molecular weight excluding hydrogens is 180 g/mol. The van der Waals surface area contributed by atoms with Crippen LogP contribution >= 0.6 is 0 Å². The van der Waals surface area contributed by atoms with Gasteiger partial charge in [0.1, 0.15) is 0 Å². The molecule has 1 heterocycles. The number of piperidine rings is 1. The molecule has 0 aromatic heterocycles. The number of nitrogens with zero attached hydrogens (tertiary/aromatic N) is 2. The molecule has 1 saturated heterocycles. The highest BCUT2D eigenvalue weighted by molar-refractivity contribution is 5.72. The van der Waals surface area contributed by atoms with E-state index in [1.54, 1.807) is 0 Å². The number of carbonyl (C=O) groups is 1. The van der Waals surface area contributed by atoms with Crippen LogP contribution in [0.1, 0.15) is 19.3 Å². The maximum absolute atomic E-state index is 11.2. The van der Waals surface area contributed by atoms with Gasteiger partial charge in [0.2, 0.25) is 0 Å². The third-order valence-electron chi connectivity index (χ3n) is 2.66. The summed E-state index contributed by atoms with van der Waals surface area (Å²) in [4.78, 5) is 13.4. The Morgan fingerprint density at radius 3 is 2.71 bits per heavy atom. The molecule has 1 fully saturated rings. The molecule has 0 unspecified atom stereocenters. The summed E-state index contributed by atoms with van der Waals surface area (Å²) in [6.07, 6.45) is 2.29. The maximum atomic E-state index is 11.2. The molecule has 1 aliphatic rings. The van der Waals surface area contributed by atoms with Crippen LogP contribution in [-0.4, -0.2) is 37.6 Å². The first-order chi connectivity index (χ1) is 6.77. The van der Waals surface area contributed by atoms with E-state index in [9.17, 15) is 4.79 Å². The number of rotatable bonds is 3. The summed E-state index contributed by atoms with van der Waals surface area (Å²) >= 11 is 0. The van der Waals surface area contributed by atoms with Crippen LogP contribution in [0.5, 0.6) is 0 Å². The standard InChI is InChI=1S/C10H16N2O2/c1-14-10(13)9-3-7-12(8-4-9)6-2-5-11/h9H,2-4,6-8H2,1H3. The first-order valence-electron chi connectivity index (χ1n) is 4.95. The van der Waals surface area contributed by atoms with Crippen LogP contribution in [0.15, 0.2) is 0 Å². The summed E-state index contributed by atoms with van der Waals surface area (Å²) < 4.78 is 4.70. The van der Waals surface area contributed by atoms with Gasteiger partial charge in [-0.15, -0.1) is 0 Å². The summed E-state index contributed by atoms with van der Waals surface area (Å²) in [6.45, 7) is 2.63. The van der Waals surface area contributed by atoms with E-state index in [0.717, 1.165) is 32.5 Å². The fraction of sp³-hybridized carbons (Fsp3) is 0.800. The molecule has 0 bridgehead atoms. The molecule has 0 aromatic rings. The van der Waals surface area contributed by atoms with Gasteiger partial charge in [0.15, 0.2) is 0 Å². The van der Waals surface area contributed by atoms with Gasteiger partial charge in [0.25, 0.3) is 0 Å². The van der Waals surface area contributed by atoms with Gasteiger partial charge >= 0.3 is 5.97 Å². The second kappa shape index (κ2) is 5.61. The molecule has 0 aliphatic carbocycles. The van der Waals surface area contributed by atoms with Crippen molar-refractivity contribution in [2.45, 2.75) is 19.3 Å². The monoisotopic (exact) mass is 196 g/mol. The molecule has 4 nitrogen and oxygen atoms in total. The molecule has 78 valence electrons. The van der Waals surface area contributed by atoms with E-state index in [2.05, 4.69) is 11.0 Å². The molecule has 1 aliphatic heterocycles. The number of esters is 1. The van der Waals surface area contributed by atoms with Crippen LogP contribution < -0.4 is 0 Å². The highest BCUT2D eigenvalue weighted by atomic mass is 16.5. The Morgan fingerprint density at radius 2 is 2.21 bits per heavy atom. The summed E-state index contributed by atoms with van der Waals surface area (Å²) in [5.41, 5.74) is 0. The topological polar surface area (TPSA) is 53.3 Å². The predicted octanol–water partition coefficient (Wildman–Crippen LogP) is 0.785. The summed E-state index contributed by atoms with van der Waals surface area (Å²) in [5.74, 6) is -0.0248. The highest BCUT2D eigenvalue weighted by Gasteiger charge is 2.24. The number of ether oxygens (including phenoxy) is 1. The normalized spacial score (nSPS) is 18.9. The molecule has 0 aromatic carbocycles. The van der Waals surface area contributed by atoms with Crippen molar-refractivity contribution in [1.29, 1.82) is 5.26 Å². The molecule has 1 rings (SSSR count). The average Bonchev–Trinajstić information content (AvgIpc) is 2.26. The van der Waals surface area contributed by atoms with E-state index in [4.69, 9.17) is 10.00 Å². The molecule has 0 spiro atoms. The number of likely N-dealkylation sites (tertiary alicyclic amines) is 1. The van der Waals surface area contributed by atoms with Crippen LogP contribution in [0.2, 0.25) is 0 Å². The molecule has 4 heteroatoms. The van der Waals surface area contributed by atoms with Gasteiger partial charge in [-0.1, -0.05) is 0 Å². The Morgan fingerprint density at radius 1 is 1.57 bits per heavy atom. The fourth-order valence-electron chi connectivity index (χ4n) is 1.77. The van der Waals surface area contributed by atoms with Crippen LogP contribution in [0.4, 0.5) is 0 Å². The minimum atomic E-state index is -0.0927. The first-order valence-corrected chi connectivity index (χ1v) is 4.95. The molecule has 0 amide bonds. The fourth-order valence-corrected chi connectivity index (χ4v) is 1.77. The molecular formula is C10H16N2O2. The second-order valence-corrected chi connectivity index (χ2v) is 3.55. The Hall–Kier alpha value is -1.08. The lowest BCUT2D eigenvalue weighted by Gasteiger charge is -2.29. The summed E-state index contributed by atoms with van der Waals surface area (Å²) in [6, 6.07) is 2.13. The molecule has 0 atom stereocenters. The van der Waals surface area contributed by atoms with Crippen molar-refractivity contribution in [3.8, 4) is 6.07 Å². The van der Waals surface area contributed by atoms with Crippen molar-refractivity contribution in [1.82, 2.24) is 4.90 Å². The van der Waals surface area contributed by atoms with Crippen molar-refractivity contribution in [3.63, 3.8) is 0 Å². The van der Waals surface area contributed by atoms with Gasteiger partial charge in [0.05, 0.1) is 19.1 Å². The van der Waals surface area contributed by atoms with Crippen LogP contribution in [0.25, 0.3) is 0 Å². The lowest BCUT2D eigenvalue weighted by atomic mass is 9.97. The summed E-state index contributed by atoms with van der Waals surface area (Å²) in [5, 5.41) is 8.42. The lowest BCUT2D eigenvalue weighted by Crippen LogP contribution is -2.37. The summed E-state index contributed by atoms with van der Waals surface area (Å²) in [7, 11) is 1.43. The molecule has 0 radical (unpaired) electrons. The van der Waals surface area contributed by atoms with Crippen molar-refractivity contribution in [3.05, 3.63) is 0 Å². The number of hydrogen-bond donors (Lipinski definition) is 0. The Bertz CT molecular complexity index is 227. The molecule has 0 N–H and O–H groups in total. The number of nitriles is 1. The highest BCUT2D eigenvalue weighted by Crippen LogP contribution is 2.18. The lowest BCUT2D eigenvalue weighted by molar-refractivity contribution is -0.147. The van der Waals surface area contributed by atoms with Crippen LogP contribution in [0.3, 0.4) is 0 Å². The van der Waals surface area contributed by atoms with Gasteiger partial charge in [-0.25, -0.2) is 0 Å². The third-order valence-corrected chi connectivity index (χ3v) is 2.66. The SMILES string of the molecule is COC(=O)C1CCN(CCC#N)CC1.